The first kappa shape index (κ1) is 26.3. The Hall–Kier alpha value is -3.31. The average molecular weight is 554 g/mol. The van der Waals surface area contributed by atoms with Gasteiger partial charge in [0.2, 0.25) is 5.88 Å². The zero-order valence-electron chi connectivity index (χ0n) is 19.1. The number of benzene rings is 2. The van der Waals surface area contributed by atoms with E-state index in [9.17, 15) is 18.0 Å². The number of pyridine rings is 1. The highest BCUT2D eigenvalue weighted by Gasteiger charge is 2.31. The lowest BCUT2D eigenvalue weighted by molar-refractivity contribution is -0.274. The second-order valence-corrected chi connectivity index (χ2v) is 8.49. The Kier molecular flexibility index (Phi) is 8.23. The largest absolute Gasteiger partial charge is 0.573 e. The van der Waals surface area contributed by atoms with Crippen molar-refractivity contribution in [3.8, 4) is 17.4 Å². The third-order valence-corrected chi connectivity index (χ3v) is 5.11. The zero-order chi connectivity index (χ0) is 25.6. The number of para-hydroxylation sites is 1. The SMILES string of the molecule is CCOC(C)(C)c1ccccc1Oc1nc(Br)ccc1NC(=O)Nc1ccc(OC(F)(F)F)cc1. The van der Waals surface area contributed by atoms with Crippen molar-refractivity contribution in [2.75, 3.05) is 17.2 Å². The van der Waals surface area contributed by atoms with Crippen LogP contribution in [0.2, 0.25) is 0 Å². The Morgan fingerprint density at radius 2 is 1.69 bits per heavy atom. The number of hydrogen-bond donors (Lipinski definition) is 2. The summed E-state index contributed by atoms with van der Waals surface area (Å²) in [5.41, 5.74) is 0.685. The summed E-state index contributed by atoms with van der Waals surface area (Å²) in [5.74, 6) is 0.230. The van der Waals surface area contributed by atoms with Gasteiger partial charge in [0.1, 0.15) is 21.8 Å². The molecule has 11 heteroatoms. The molecule has 0 spiro atoms. The molecule has 7 nitrogen and oxygen atoms in total. The first-order valence-electron chi connectivity index (χ1n) is 10.5. The second kappa shape index (κ2) is 11.0. The van der Waals surface area contributed by atoms with Crippen LogP contribution in [0.4, 0.5) is 29.3 Å². The van der Waals surface area contributed by atoms with Gasteiger partial charge >= 0.3 is 12.4 Å². The van der Waals surface area contributed by atoms with Crippen LogP contribution in [0.5, 0.6) is 17.4 Å². The summed E-state index contributed by atoms with van der Waals surface area (Å²) in [7, 11) is 0. The van der Waals surface area contributed by atoms with Crippen molar-refractivity contribution in [2.24, 2.45) is 0 Å². The molecule has 0 fully saturated rings. The fraction of sp³-hybridized carbons (Fsp3) is 0.250. The molecule has 0 aliphatic heterocycles. The van der Waals surface area contributed by atoms with Crippen molar-refractivity contribution in [3.63, 3.8) is 0 Å². The number of urea groups is 1. The quantitative estimate of drug-likeness (QED) is 0.283. The smallest absolute Gasteiger partial charge is 0.437 e. The molecule has 0 aliphatic rings. The van der Waals surface area contributed by atoms with Crippen molar-refractivity contribution in [2.45, 2.75) is 32.7 Å². The summed E-state index contributed by atoms with van der Waals surface area (Å²) in [4.78, 5) is 16.9. The third-order valence-electron chi connectivity index (χ3n) is 4.67. The van der Waals surface area contributed by atoms with Crippen molar-refractivity contribution < 1.29 is 32.2 Å². The summed E-state index contributed by atoms with van der Waals surface area (Å²) in [5, 5.41) is 5.18. The van der Waals surface area contributed by atoms with Crippen LogP contribution < -0.4 is 20.1 Å². The Balaban J connectivity index is 1.77. The number of ether oxygens (including phenoxy) is 3. The lowest BCUT2D eigenvalue weighted by Crippen LogP contribution is -2.22. The van der Waals surface area contributed by atoms with Gasteiger partial charge in [0.15, 0.2) is 0 Å². The predicted molar refractivity (Wildman–Crippen MR) is 129 cm³/mol. The van der Waals surface area contributed by atoms with E-state index in [4.69, 9.17) is 9.47 Å². The van der Waals surface area contributed by atoms with Gasteiger partial charge < -0.3 is 24.8 Å². The van der Waals surface area contributed by atoms with Gasteiger partial charge in [-0.15, -0.1) is 13.2 Å². The number of carbonyl (C=O) groups is 1. The number of rotatable bonds is 8. The number of nitrogens with one attached hydrogen (secondary N) is 2. The molecule has 0 saturated carbocycles. The molecule has 35 heavy (non-hydrogen) atoms. The number of amides is 2. The minimum absolute atomic E-state index is 0.128. The maximum absolute atomic E-state index is 12.5. The van der Waals surface area contributed by atoms with Crippen LogP contribution in [-0.4, -0.2) is 24.0 Å². The van der Waals surface area contributed by atoms with Crippen molar-refractivity contribution in [3.05, 3.63) is 70.8 Å². The van der Waals surface area contributed by atoms with E-state index in [1.165, 1.54) is 12.1 Å². The lowest BCUT2D eigenvalue weighted by Gasteiger charge is -2.27. The number of alkyl halides is 3. The molecule has 186 valence electrons. The molecular formula is C24H23BrF3N3O4. The fourth-order valence-corrected chi connectivity index (χ4v) is 3.50. The van der Waals surface area contributed by atoms with Crippen LogP contribution in [0.1, 0.15) is 26.3 Å². The summed E-state index contributed by atoms with van der Waals surface area (Å²) < 4.78 is 53.2. The Bertz CT molecular complexity index is 1170. The molecule has 0 saturated heterocycles. The predicted octanol–water partition coefficient (Wildman–Crippen LogP) is 7.45. The highest BCUT2D eigenvalue weighted by atomic mass is 79.9. The van der Waals surface area contributed by atoms with Crippen LogP contribution in [0.15, 0.2) is 65.3 Å². The van der Waals surface area contributed by atoms with E-state index in [-0.39, 0.29) is 17.3 Å². The van der Waals surface area contributed by atoms with E-state index in [1.807, 2.05) is 39.0 Å². The van der Waals surface area contributed by atoms with Gasteiger partial charge in [-0.05, 0) is 79.2 Å². The fourth-order valence-electron chi connectivity index (χ4n) is 3.21. The molecule has 1 aromatic heterocycles. The topological polar surface area (TPSA) is 81.7 Å². The van der Waals surface area contributed by atoms with Crippen molar-refractivity contribution >= 4 is 33.3 Å². The normalized spacial score (nSPS) is 11.6. The maximum Gasteiger partial charge on any atom is 0.573 e. The third kappa shape index (κ3) is 7.59. The van der Waals surface area contributed by atoms with Gasteiger partial charge in [0.25, 0.3) is 0 Å². The van der Waals surface area contributed by atoms with E-state index in [0.717, 1.165) is 17.7 Å². The summed E-state index contributed by atoms with van der Waals surface area (Å²) in [6, 6.07) is 14.7. The van der Waals surface area contributed by atoms with Gasteiger partial charge in [-0.3, -0.25) is 0 Å². The highest BCUT2D eigenvalue weighted by molar-refractivity contribution is 9.10. The molecule has 2 aromatic carbocycles. The van der Waals surface area contributed by atoms with E-state index >= 15 is 0 Å². The molecule has 0 atom stereocenters. The zero-order valence-corrected chi connectivity index (χ0v) is 20.7. The molecule has 0 bridgehead atoms. The Morgan fingerprint density at radius 1 is 1.00 bits per heavy atom. The van der Waals surface area contributed by atoms with Gasteiger partial charge in [0.05, 0.1) is 5.60 Å². The van der Waals surface area contributed by atoms with E-state index in [1.54, 1.807) is 18.2 Å². The van der Waals surface area contributed by atoms with Gasteiger partial charge in [0, 0.05) is 17.9 Å². The molecule has 0 unspecified atom stereocenters. The van der Waals surface area contributed by atoms with Gasteiger partial charge in [-0.1, -0.05) is 18.2 Å². The number of aromatic nitrogens is 1. The van der Waals surface area contributed by atoms with E-state index in [2.05, 4.69) is 36.3 Å². The molecule has 2 N–H and O–H groups in total. The van der Waals surface area contributed by atoms with Crippen LogP contribution in [0.25, 0.3) is 0 Å². The Labute approximate surface area is 208 Å². The molecule has 2 amide bonds. The number of anilines is 2. The van der Waals surface area contributed by atoms with Crippen LogP contribution in [-0.2, 0) is 10.3 Å². The second-order valence-electron chi connectivity index (χ2n) is 7.68. The van der Waals surface area contributed by atoms with Crippen LogP contribution in [0, 0.1) is 0 Å². The van der Waals surface area contributed by atoms with Crippen LogP contribution >= 0.6 is 15.9 Å². The molecule has 3 rings (SSSR count). The molecule has 3 aromatic rings. The van der Waals surface area contributed by atoms with Gasteiger partial charge in [-0.25, -0.2) is 9.78 Å². The monoisotopic (exact) mass is 553 g/mol. The Morgan fingerprint density at radius 3 is 2.34 bits per heavy atom. The number of hydrogen-bond acceptors (Lipinski definition) is 5. The van der Waals surface area contributed by atoms with Crippen molar-refractivity contribution in [1.82, 2.24) is 4.98 Å². The molecule has 1 heterocycles. The molecule has 0 radical (unpaired) electrons. The standard InChI is InChI=1S/C24H23BrF3N3O4/c1-4-33-23(2,3)17-7-5-6-8-19(17)34-21-18(13-14-20(25)31-21)30-22(32)29-15-9-11-16(12-10-15)35-24(26,27)28/h5-14H,4H2,1-3H3,(H2,29,30,32). The minimum atomic E-state index is -4.80. The lowest BCUT2D eigenvalue weighted by atomic mass is 9.97. The molecule has 0 aliphatic carbocycles. The summed E-state index contributed by atoms with van der Waals surface area (Å²) in [6.45, 7) is 6.25. The van der Waals surface area contributed by atoms with Gasteiger partial charge in [-0.2, -0.15) is 0 Å². The highest BCUT2D eigenvalue weighted by Crippen LogP contribution is 2.37. The number of nitrogens with zero attached hydrogens (tertiary/aromatic N) is 1. The summed E-state index contributed by atoms with van der Waals surface area (Å²) >= 11 is 3.30. The minimum Gasteiger partial charge on any atom is -0.437 e. The van der Waals surface area contributed by atoms with E-state index in [0.29, 0.717) is 17.0 Å². The molecular weight excluding hydrogens is 531 g/mol. The van der Waals surface area contributed by atoms with Crippen molar-refractivity contribution in [1.29, 1.82) is 0 Å². The number of carbonyl (C=O) groups excluding carboxylic acids is 1. The van der Waals surface area contributed by atoms with E-state index < -0.39 is 23.7 Å². The first-order chi connectivity index (χ1) is 16.5. The summed E-state index contributed by atoms with van der Waals surface area (Å²) in [6.07, 6.45) is -4.80. The number of halogens is 4. The first-order valence-corrected chi connectivity index (χ1v) is 11.3. The van der Waals surface area contributed by atoms with Crippen LogP contribution in [0.3, 0.4) is 0 Å². The maximum atomic E-state index is 12.5. The average Bonchev–Trinajstić information content (AvgIpc) is 2.76.